The van der Waals surface area contributed by atoms with E-state index in [2.05, 4.69) is 20.8 Å². The number of ether oxygens (including phenoxy) is 3. The lowest BCUT2D eigenvalue weighted by atomic mass is 10.3. The summed E-state index contributed by atoms with van der Waals surface area (Å²) in [5.74, 6) is 1.21. The molecular formula is C18H24N4O5S. The summed E-state index contributed by atoms with van der Waals surface area (Å²) < 4.78 is 16.4. The van der Waals surface area contributed by atoms with Crippen LogP contribution in [0.25, 0.3) is 0 Å². The number of aliphatic hydroxyl groups excluding tert-OH is 1. The molecule has 0 fully saturated rings. The molecule has 0 saturated heterocycles. The maximum absolute atomic E-state index is 11.7. The lowest BCUT2D eigenvalue weighted by Crippen LogP contribution is -2.38. The summed E-state index contributed by atoms with van der Waals surface area (Å²) in [6, 6.07) is 10.4. The number of rotatable bonds is 12. The summed E-state index contributed by atoms with van der Waals surface area (Å²) in [4.78, 5) is 11.7. The van der Waals surface area contributed by atoms with E-state index in [0.29, 0.717) is 41.7 Å². The molecule has 4 N–H and O–H groups in total. The van der Waals surface area contributed by atoms with Crippen LogP contribution in [0.3, 0.4) is 0 Å². The molecule has 0 aliphatic carbocycles. The average Bonchev–Trinajstić information content (AvgIpc) is 2.71. The lowest BCUT2D eigenvalue weighted by molar-refractivity contribution is -0.123. The van der Waals surface area contributed by atoms with Crippen LogP contribution in [0.4, 0.5) is 0 Å². The Hall–Kier alpha value is -2.69. The van der Waals surface area contributed by atoms with Gasteiger partial charge < -0.3 is 30.0 Å². The van der Waals surface area contributed by atoms with Crippen molar-refractivity contribution in [2.24, 2.45) is 0 Å². The Morgan fingerprint density at radius 3 is 2.71 bits per heavy atom. The molecule has 0 spiro atoms. The fourth-order valence-corrected chi connectivity index (χ4v) is 2.26. The number of hydrogen-bond donors (Lipinski definition) is 4. The number of H-pyrrole nitrogens is 1. The average molecular weight is 408 g/mol. The number of aliphatic hydroxyl groups is 1. The number of aromatic nitrogens is 2. The fourth-order valence-electron chi connectivity index (χ4n) is 2.14. The summed E-state index contributed by atoms with van der Waals surface area (Å²) in [7, 11) is 1.56. The Morgan fingerprint density at radius 1 is 1.21 bits per heavy atom. The molecule has 152 valence electrons. The van der Waals surface area contributed by atoms with Crippen LogP contribution in [0, 0.1) is 4.64 Å². The van der Waals surface area contributed by atoms with Crippen molar-refractivity contribution in [3.05, 3.63) is 41.0 Å². The number of carbonyl (C=O) groups excluding carboxylic acids is 1. The zero-order valence-electron chi connectivity index (χ0n) is 15.5. The van der Waals surface area contributed by atoms with Crippen LogP contribution in [-0.2, 0) is 4.79 Å². The van der Waals surface area contributed by atoms with Gasteiger partial charge in [-0.25, -0.2) is 0 Å². The van der Waals surface area contributed by atoms with Gasteiger partial charge in [0.1, 0.15) is 17.4 Å². The number of carbonyl (C=O) groups is 1. The summed E-state index contributed by atoms with van der Waals surface area (Å²) >= 11 is 4.87. The van der Waals surface area contributed by atoms with Gasteiger partial charge in [-0.15, -0.1) is 5.10 Å². The van der Waals surface area contributed by atoms with Crippen molar-refractivity contribution in [1.29, 1.82) is 0 Å². The van der Waals surface area contributed by atoms with E-state index in [-0.39, 0.29) is 19.1 Å². The van der Waals surface area contributed by atoms with E-state index in [1.165, 1.54) is 0 Å². The normalized spacial score (nSPS) is 11.5. The van der Waals surface area contributed by atoms with Gasteiger partial charge in [-0.3, -0.25) is 9.89 Å². The Balaban J connectivity index is 1.53. The van der Waals surface area contributed by atoms with Gasteiger partial charge in [-0.1, -0.05) is 24.4 Å². The number of aromatic amines is 1. The molecule has 1 aromatic heterocycles. The predicted octanol–water partition coefficient (Wildman–Crippen LogP) is 0.672. The van der Waals surface area contributed by atoms with Gasteiger partial charge in [0.15, 0.2) is 18.1 Å². The standard InChI is InChI=1S/C18H24N4O5S/c1-25-14-4-2-3-5-15(14)26-11-13(23)10-19-8-9-20-16(24)12-27-17-6-7-18(28)22-21-17/h2-7,13,19,23H,8-12H2,1H3,(H,20,24)(H,22,28). The number of para-hydroxylation sites is 2. The van der Waals surface area contributed by atoms with E-state index in [1.54, 1.807) is 31.4 Å². The maximum atomic E-state index is 11.7. The van der Waals surface area contributed by atoms with Gasteiger partial charge >= 0.3 is 0 Å². The van der Waals surface area contributed by atoms with Gasteiger partial charge in [0.05, 0.1) is 7.11 Å². The first-order valence-corrected chi connectivity index (χ1v) is 9.09. The number of methoxy groups -OCH3 is 1. The Labute approximate surface area is 168 Å². The molecule has 28 heavy (non-hydrogen) atoms. The van der Waals surface area contributed by atoms with Crippen LogP contribution in [-0.4, -0.2) is 67.3 Å². The zero-order chi connectivity index (χ0) is 20.2. The molecule has 1 atom stereocenters. The first-order chi connectivity index (χ1) is 13.6. The second-order valence-corrected chi connectivity index (χ2v) is 6.16. The third-order valence-electron chi connectivity index (χ3n) is 3.51. The molecule has 0 aliphatic heterocycles. The molecule has 1 amide bonds. The van der Waals surface area contributed by atoms with Gasteiger partial charge in [0, 0.05) is 25.7 Å². The van der Waals surface area contributed by atoms with Crippen LogP contribution in [0.5, 0.6) is 17.4 Å². The number of hydrogen-bond acceptors (Lipinski definition) is 8. The monoisotopic (exact) mass is 408 g/mol. The fraction of sp³-hybridized carbons (Fsp3) is 0.389. The molecule has 0 saturated carbocycles. The predicted molar refractivity (Wildman–Crippen MR) is 105 cm³/mol. The maximum Gasteiger partial charge on any atom is 0.258 e. The van der Waals surface area contributed by atoms with Crippen molar-refractivity contribution >= 4 is 18.1 Å². The minimum absolute atomic E-state index is 0.126. The quantitative estimate of drug-likeness (QED) is 0.299. The molecule has 0 aliphatic rings. The minimum atomic E-state index is -0.696. The molecule has 9 nitrogen and oxygen atoms in total. The van der Waals surface area contributed by atoms with Gasteiger partial charge in [0.2, 0.25) is 5.88 Å². The van der Waals surface area contributed by atoms with Gasteiger partial charge in [-0.05, 0) is 18.2 Å². The van der Waals surface area contributed by atoms with E-state index in [9.17, 15) is 9.90 Å². The summed E-state index contributed by atoms with van der Waals surface area (Å²) in [6.07, 6.45) is -0.696. The van der Waals surface area contributed by atoms with Crippen molar-refractivity contribution < 1.29 is 24.1 Å². The zero-order valence-corrected chi connectivity index (χ0v) is 16.3. The number of benzene rings is 1. The van der Waals surface area contributed by atoms with E-state index < -0.39 is 6.10 Å². The highest BCUT2D eigenvalue weighted by Gasteiger charge is 2.08. The Morgan fingerprint density at radius 2 is 2.00 bits per heavy atom. The van der Waals surface area contributed by atoms with Gasteiger partial charge in [-0.2, -0.15) is 0 Å². The lowest BCUT2D eigenvalue weighted by Gasteiger charge is -2.15. The molecule has 2 aromatic rings. The van der Waals surface area contributed by atoms with Crippen LogP contribution in [0.2, 0.25) is 0 Å². The second kappa shape index (κ2) is 11.9. The second-order valence-electron chi connectivity index (χ2n) is 5.72. The van der Waals surface area contributed by atoms with Crippen LogP contribution in [0.15, 0.2) is 36.4 Å². The minimum Gasteiger partial charge on any atom is -0.493 e. The molecule has 0 radical (unpaired) electrons. The summed E-state index contributed by atoms with van der Waals surface area (Å²) in [5.41, 5.74) is 0. The van der Waals surface area contributed by atoms with Crippen molar-refractivity contribution in [2.75, 3.05) is 40.0 Å². The van der Waals surface area contributed by atoms with Crippen molar-refractivity contribution in [1.82, 2.24) is 20.8 Å². The molecular weight excluding hydrogens is 384 g/mol. The first-order valence-electron chi connectivity index (χ1n) is 8.68. The number of nitrogens with zero attached hydrogens (tertiary/aromatic N) is 1. The highest BCUT2D eigenvalue weighted by molar-refractivity contribution is 7.71. The van der Waals surface area contributed by atoms with Crippen LogP contribution < -0.4 is 24.8 Å². The summed E-state index contributed by atoms with van der Waals surface area (Å²) in [6.45, 7) is 1.20. The van der Waals surface area contributed by atoms with Crippen LogP contribution in [0.1, 0.15) is 0 Å². The van der Waals surface area contributed by atoms with Crippen molar-refractivity contribution in [3.63, 3.8) is 0 Å². The number of nitrogens with one attached hydrogen (secondary N) is 3. The van der Waals surface area contributed by atoms with E-state index in [0.717, 1.165) is 0 Å². The smallest absolute Gasteiger partial charge is 0.258 e. The van der Waals surface area contributed by atoms with Crippen LogP contribution >= 0.6 is 12.2 Å². The molecule has 2 rings (SSSR count). The SMILES string of the molecule is COc1ccccc1OCC(O)CNCCNC(=O)COc1ccc(=S)[nH]n1. The van der Waals surface area contributed by atoms with Gasteiger partial charge in [0.25, 0.3) is 5.91 Å². The molecule has 10 heteroatoms. The molecule has 0 bridgehead atoms. The van der Waals surface area contributed by atoms with E-state index in [4.69, 9.17) is 26.4 Å². The Bertz CT molecular complexity index is 781. The van der Waals surface area contributed by atoms with Crippen molar-refractivity contribution in [3.8, 4) is 17.4 Å². The number of amides is 1. The third-order valence-corrected chi connectivity index (χ3v) is 3.74. The largest absolute Gasteiger partial charge is 0.493 e. The molecule has 1 unspecified atom stereocenters. The van der Waals surface area contributed by atoms with E-state index in [1.807, 2.05) is 12.1 Å². The first kappa shape index (κ1) is 21.6. The highest BCUT2D eigenvalue weighted by Crippen LogP contribution is 2.25. The van der Waals surface area contributed by atoms with E-state index >= 15 is 0 Å². The molecule has 1 heterocycles. The highest BCUT2D eigenvalue weighted by atomic mass is 32.1. The topological polar surface area (TPSA) is 118 Å². The van der Waals surface area contributed by atoms with Crippen molar-refractivity contribution in [2.45, 2.75) is 6.10 Å². The third kappa shape index (κ3) is 7.91. The molecule has 1 aromatic carbocycles. The Kier molecular flexibility index (Phi) is 9.19. The summed E-state index contributed by atoms with van der Waals surface area (Å²) in [5, 5.41) is 22.1.